The Kier molecular flexibility index (Phi) is 4.66. The molecule has 0 aliphatic rings. The molecule has 0 aliphatic heterocycles. The Morgan fingerprint density at radius 2 is 1.83 bits per heavy atom. The van der Waals surface area contributed by atoms with Gasteiger partial charge in [0.25, 0.3) is 5.91 Å². The molecule has 23 heavy (non-hydrogen) atoms. The number of nitrogens with one attached hydrogen (secondary N) is 1. The molecule has 1 aromatic heterocycles. The average Bonchev–Trinajstić information content (AvgIpc) is 2.99. The molecular weight excluding hydrogens is 351 g/mol. The van der Waals surface area contributed by atoms with Crippen LogP contribution in [-0.4, -0.2) is 10.9 Å². The number of aromatic nitrogens is 1. The molecule has 3 rings (SSSR count). The van der Waals surface area contributed by atoms with Gasteiger partial charge in [0, 0.05) is 16.5 Å². The van der Waals surface area contributed by atoms with E-state index in [0.717, 1.165) is 16.8 Å². The van der Waals surface area contributed by atoms with Crippen LogP contribution in [0, 0.1) is 6.92 Å². The number of nitrogens with zero attached hydrogens (tertiary/aromatic N) is 1. The quantitative estimate of drug-likeness (QED) is 0.651. The predicted octanol–water partition coefficient (Wildman–Crippen LogP) is 5.68. The van der Waals surface area contributed by atoms with Crippen molar-refractivity contribution >= 4 is 45.6 Å². The lowest BCUT2D eigenvalue weighted by atomic mass is 10.1. The van der Waals surface area contributed by atoms with Crippen molar-refractivity contribution in [1.29, 1.82) is 0 Å². The first kappa shape index (κ1) is 16.0. The molecule has 0 aliphatic carbocycles. The average molecular weight is 363 g/mol. The van der Waals surface area contributed by atoms with Gasteiger partial charge in [0.1, 0.15) is 0 Å². The van der Waals surface area contributed by atoms with Gasteiger partial charge in [-0.25, -0.2) is 4.98 Å². The van der Waals surface area contributed by atoms with Gasteiger partial charge in [0.2, 0.25) is 0 Å². The van der Waals surface area contributed by atoms with Gasteiger partial charge in [0.15, 0.2) is 5.13 Å². The van der Waals surface area contributed by atoms with Crippen LogP contribution in [0.25, 0.3) is 11.3 Å². The number of thiazole rings is 1. The lowest BCUT2D eigenvalue weighted by Gasteiger charge is -2.02. The SMILES string of the molecule is Cc1ccc(C(=O)Nc2nc(-c3ccc(Cl)c(Cl)c3)cs2)cc1. The fourth-order valence-corrected chi connectivity index (χ4v) is 3.01. The highest BCUT2D eigenvalue weighted by molar-refractivity contribution is 7.14. The van der Waals surface area contributed by atoms with Gasteiger partial charge in [0.05, 0.1) is 15.7 Å². The molecule has 0 unspecified atom stereocenters. The summed E-state index contributed by atoms with van der Waals surface area (Å²) in [5.41, 5.74) is 3.30. The maximum absolute atomic E-state index is 12.2. The van der Waals surface area contributed by atoms with E-state index in [1.165, 1.54) is 11.3 Å². The number of carbonyl (C=O) groups is 1. The number of aryl methyl sites for hydroxylation is 1. The largest absolute Gasteiger partial charge is 0.298 e. The first-order valence-electron chi connectivity index (χ1n) is 6.82. The zero-order valence-corrected chi connectivity index (χ0v) is 14.5. The lowest BCUT2D eigenvalue weighted by molar-refractivity contribution is 0.102. The van der Waals surface area contributed by atoms with E-state index in [-0.39, 0.29) is 5.91 Å². The van der Waals surface area contributed by atoms with Gasteiger partial charge < -0.3 is 0 Å². The first-order valence-corrected chi connectivity index (χ1v) is 8.45. The molecule has 3 aromatic rings. The van der Waals surface area contributed by atoms with Crippen molar-refractivity contribution in [2.75, 3.05) is 5.32 Å². The molecule has 116 valence electrons. The van der Waals surface area contributed by atoms with Gasteiger partial charge in [-0.05, 0) is 31.2 Å². The smallest absolute Gasteiger partial charge is 0.257 e. The Balaban J connectivity index is 1.77. The number of carbonyl (C=O) groups excluding carboxylic acids is 1. The van der Waals surface area contributed by atoms with Crippen LogP contribution in [0.3, 0.4) is 0 Å². The van der Waals surface area contributed by atoms with E-state index in [1.54, 1.807) is 24.3 Å². The molecule has 1 heterocycles. The third kappa shape index (κ3) is 3.72. The van der Waals surface area contributed by atoms with Gasteiger partial charge in [-0.15, -0.1) is 11.3 Å². The van der Waals surface area contributed by atoms with Crippen molar-refractivity contribution < 1.29 is 4.79 Å². The van der Waals surface area contributed by atoms with E-state index in [4.69, 9.17) is 23.2 Å². The Morgan fingerprint density at radius 1 is 1.09 bits per heavy atom. The summed E-state index contributed by atoms with van der Waals surface area (Å²) in [7, 11) is 0. The Labute approximate surface area is 147 Å². The number of hydrogen-bond acceptors (Lipinski definition) is 3. The summed E-state index contributed by atoms with van der Waals surface area (Å²) in [5.74, 6) is -0.181. The highest BCUT2D eigenvalue weighted by Gasteiger charge is 2.10. The summed E-state index contributed by atoms with van der Waals surface area (Å²) in [5, 5.41) is 6.18. The molecule has 0 radical (unpaired) electrons. The highest BCUT2D eigenvalue weighted by atomic mass is 35.5. The van der Waals surface area contributed by atoms with Gasteiger partial charge >= 0.3 is 0 Å². The monoisotopic (exact) mass is 362 g/mol. The van der Waals surface area contributed by atoms with E-state index in [0.29, 0.717) is 20.7 Å². The molecule has 1 N–H and O–H groups in total. The molecule has 0 spiro atoms. The van der Waals surface area contributed by atoms with Crippen molar-refractivity contribution in [1.82, 2.24) is 4.98 Å². The van der Waals surface area contributed by atoms with Crippen molar-refractivity contribution in [3.05, 3.63) is 69.0 Å². The third-order valence-electron chi connectivity index (χ3n) is 3.25. The molecule has 0 bridgehead atoms. The van der Waals surface area contributed by atoms with Gasteiger partial charge in [-0.1, -0.05) is 47.0 Å². The normalized spacial score (nSPS) is 10.6. The summed E-state index contributed by atoms with van der Waals surface area (Å²) in [4.78, 5) is 16.6. The van der Waals surface area contributed by atoms with E-state index < -0.39 is 0 Å². The summed E-state index contributed by atoms with van der Waals surface area (Å²) in [6.45, 7) is 1.98. The summed E-state index contributed by atoms with van der Waals surface area (Å²) >= 11 is 13.3. The number of benzene rings is 2. The molecular formula is C17H12Cl2N2OS. The minimum Gasteiger partial charge on any atom is -0.298 e. The second-order valence-electron chi connectivity index (χ2n) is 4.99. The van der Waals surface area contributed by atoms with Crippen LogP contribution in [0.4, 0.5) is 5.13 Å². The molecule has 3 nitrogen and oxygen atoms in total. The number of anilines is 1. The molecule has 0 fully saturated rings. The van der Waals surface area contributed by atoms with Crippen LogP contribution < -0.4 is 5.32 Å². The van der Waals surface area contributed by atoms with Crippen LogP contribution in [0.15, 0.2) is 47.8 Å². The number of halogens is 2. The zero-order valence-electron chi connectivity index (χ0n) is 12.1. The van der Waals surface area contributed by atoms with E-state index >= 15 is 0 Å². The van der Waals surface area contributed by atoms with E-state index in [1.807, 2.05) is 30.5 Å². The van der Waals surface area contributed by atoms with E-state index in [2.05, 4.69) is 10.3 Å². The molecule has 0 saturated heterocycles. The fraction of sp³-hybridized carbons (Fsp3) is 0.0588. The van der Waals surface area contributed by atoms with Crippen LogP contribution >= 0.6 is 34.5 Å². The van der Waals surface area contributed by atoms with Crippen LogP contribution in [0.1, 0.15) is 15.9 Å². The summed E-state index contributed by atoms with van der Waals surface area (Å²) in [6.07, 6.45) is 0. The van der Waals surface area contributed by atoms with Crippen LogP contribution in [-0.2, 0) is 0 Å². The number of amides is 1. The maximum Gasteiger partial charge on any atom is 0.257 e. The molecule has 0 saturated carbocycles. The van der Waals surface area contributed by atoms with Crippen molar-refractivity contribution in [2.24, 2.45) is 0 Å². The third-order valence-corrected chi connectivity index (χ3v) is 4.75. The maximum atomic E-state index is 12.2. The van der Waals surface area contributed by atoms with Gasteiger partial charge in [-0.2, -0.15) is 0 Å². The Hall–Kier alpha value is -1.88. The van der Waals surface area contributed by atoms with Gasteiger partial charge in [-0.3, -0.25) is 10.1 Å². The Morgan fingerprint density at radius 3 is 2.52 bits per heavy atom. The van der Waals surface area contributed by atoms with Crippen molar-refractivity contribution in [2.45, 2.75) is 6.92 Å². The number of hydrogen-bond donors (Lipinski definition) is 1. The van der Waals surface area contributed by atoms with Crippen LogP contribution in [0.5, 0.6) is 0 Å². The van der Waals surface area contributed by atoms with E-state index in [9.17, 15) is 4.79 Å². The Bertz CT molecular complexity index is 859. The predicted molar refractivity (Wildman–Crippen MR) is 96.7 cm³/mol. The standard InChI is InChI=1S/C17H12Cl2N2OS/c1-10-2-4-11(5-3-10)16(22)21-17-20-15(9-23-17)12-6-7-13(18)14(19)8-12/h2-9H,1H3,(H,20,21,22). The first-order chi connectivity index (χ1) is 11.0. The topological polar surface area (TPSA) is 42.0 Å². The molecule has 0 atom stereocenters. The van der Waals surface area contributed by atoms with Crippen molar-refractivity contribution in [3.63, 3.8) is 0 Å². The second kappa shape index (κ2) is 6.71. The molecule has 2 aromatic carbocycles. The zero-order chi connectivity index (χ0) is 16.4. The summed E-state index contributed by atoms with van der Waals surface area (Å²) < 4.78 is 0. The number of rotatable bonds is 3. The second-order valence-corrected chi connectivity index (χ2v) is 6.66. The van der Waals surface area contributed by atoms with Crippen LogP contribution in [0.2, 0.25) is 10.0 Å². The minimum atomic E-state index is -0.181. The van der Waals surface area contributed by atoms with Crippen molar-refractivity contribution in [3.8, 4) is 11.3 Å². The summed E-state index contributed by atoms with van der Waals surface area (Å²) in [6, 6.07) is 12.7. The minimum absolute atomic E-state index is 0.181. The fourth-order valence-electron chi connectivity index (χ4n) is 1.99. The molecule has 6 heteroatoms. The molecule has 1 amide bonds. The highest BCUT2D eigenvalue weighted by Crippen LogP contribution is 2.30. The lowest BCUT2D eigenvalue weighted by Crippen LogP contribution is -2.11.